The number of carbonyl (C=O) groups excluding carboxylic acids is 1. The summed E-state index contributed by atoms with van der Waals surface area (Å²) >= 11 is 1.54. The van der Waals surface area contributed by atoms with Crippen molar-refractivity contribution in [3.8, 4) is 5.75 Å². The lowest BCUT2D eigenvalue weighted by Gasteiger charge is -2.04. The maximum Gasteiger partial charge on any atom is 0.250 e. The van der Waals surface area contributed by atoms with Gasteiger partial charge < -0.3 is 5.11 Å². The fourth-order valence-electron chi connectivity index (χ4n) is 1.83. The third-order valence-electron chi connectivity index (χ3n) is 3.08. The zero-order valence-electron chi connectivity index (χ0n) is 12.3. The summed E-state index contributed by atoms with van der Waals surface area (Å²) in [5, 5.41) is 13.4. The Morgan fingerprint density at radius 3 is 2.73 bits per heavy atom. The Morgan fingerprint density at radius 1 is 1.23 bits per heavy atom. The molecule has 0 saturated heterocycles. The Labute approximate surface area is 134 Å². The fourth-order valence-corrected chi connectivity index (χ4v) is 2.72. The molecule has 0 aliphatic rings. The maximum absolute atomic E-state index is 11.7. The van der Waals surface area contributed by atoms with Crippen molar-refractivity contribution < 1.29 is 9.90 Å². The highest BCUT2D eigenvalue weighted by atomic mass is 32.2. The minimum atomic E-state index is -0.162. The van der Waals surface area contributed by atoms with Crippen molar-refractivity contribution in [2.24, 2.45) is 5.10 Å². The number of phenols is 1. The van der Waals surface area contributed by atoms with Gasteiger partial charge in [0.1, 0.15) is 5.75 Å². The number of thioether (sulfide) groups is 1. The standard InChI is InChI=1S/C17H18N2O2S/c1-13-6-2-3-8-15(13)11-22-12-17(21)19-18-10-14-7-4-5-9-16(14)20/h2-10,20H,11-12H2,1H3,(H,19,21). The predicted octanol–water partition coefficient (Wildman–Crippen LogP) is 3.08. The highest BCUT2D eigenvalue weighted by Gasteiger charge is 2.02. The number of para-hydroxylation sites is 1. The Morgan fingerprint density at radius 2 is 1.95 bits per heavy atom. The van der Waals surface area contributed by atoms with Crippen LogP contribution in [0.1, 0.15) is 16.7 Å². The van der Waals surface area contributed by atoms with E-state index in [2.05, 4.69) is 29.6 Å². The molecule has 114 valence electrons. The number of rotatable bonds is 6. The summed E-state index contributed by atoms with van der Waals surface area (Å²) < 4.78 is 0. The monoisotopic (exact) mass is 314 g/mol. The predicted molar refractivity (Wildman–Crippen MR) is 91.2 cm³/mol. The number of carbonyl (C=O) groups is 1. The largest absolute Gasteiger partial charge is 0.507 e. The Balaban J connectivity index is 1.75. The molecule has 0 radical (unpaired) electrons. The van der Waals surface area contributed by atoms with E-state index in [1.807, 2.05) is 12.1 Å². The number of hydrogen-bond donors (Lipinski definition) is 2. The molecule has 4 nitrogen and oxygen atoms in total. The maximum atomic E-state index is 11.7. The highest BCUT2D eigenvalue weighted by Crippen LogP contribution is 2.15. The zero-order valence-corrected chi connectivity index (χ0v) is 13.1. The number of aryl methyl sites for hydroxylation is 1. The number of benzene rings is 2. The number of hydrogen-bond acceptors (Lipinski definition) is 4. The van der Waals surface area contributed by atoms with Gasteiger partial charge in [-0.25, -0.2) is 5.43 Å². The highest BCUT2D eigenvalue weighted by molar-refractivity contribution is 7.99. The molecule has 0 bridgehead atoms. The van der Waals surface area contributed by atoms with Crippen molar-refractivity contribution in [3.05, 3.63) is 65.2 Å². The molecule has 0 fully saturated rings. The van der Waals surface area contributed by atoms with Crippen LogP contribution in [0, 0.1) is 6.92 Å². The van der Waals surface area contributed by atoms with E-state index >= 15 is 0 Å². The second-order valence-corrected chi connectivity index (χ2v) is 5.76. The van der Waals surface area contributed by atoms with Crippen molar-refractivity contribution >= 4 is 23.9 Å². The van der Waals surface area contributed by atoms with Gasteiger partial charge in [0.25, 0.3) is 0 Å². The molecule has 2 aromatic rings. The van der Waals surface area contributed by atoms with E-state index in [-0.39, 0.29) is 11.7 Å². The first-order chi connectivity index (χ1) is 10.7. The number of amides is 1. The van der Waals surface area contributed by atoms with E-state index in [1.165, 1.54) is 17.3 Å². The summed E-state index contributed by atoms with van der Waals surface area (Å²) in [4.78, 5) is 11.7. The van der Waals surface area contributed by atoms with Gasteiger partial charge in [0.05, 0.1) is 12.0 Å². The topological polar surface area (TPSA) is 61.7 Å². The number of aromatic hydroxyl groups is 1. The molecule has 0 spiro atoms. The molecule has 0 aliphatic heterocycles. The second-order valence-electron chi connectivity index (χ2n) is 4.77. The number of nitrogens with one attached hydrogen (secondary N) is 1. The third kappa shape index (κ3) is 4.93. The minimum absolute atomic E-state index is 0.134. The average Bonchev–Trinajstić information content (AvgIpc) is 2.51. The second kappa shape index (κ2) is 8.24. The quantitative estimate of drug-likeness (QED) is 0.636. The fraction of sp³-hybridized carbons (Fsp3) is 0.176. The van der Waals surface area contributed by atoms with Crippen molar-refractivity contribution in [2.45, 2.75) is 12.7 Å². The van der Waals surface area contributed by atoms with E-state index < -0.39 is 0 Å². The first kappa shape index (κ1) is 16.1. The first-order valence-electron chi connectivity index (χ1n) is 6.89. The molecule has 2 rings (SSSR count). The molecule has 5 heteroatoms. The van der Waals surface area contributed by atoms with Gasteiger partial charge in [0, 0.05) is 11.3 Å². The van der Waals surface area contributed by atoms with Crippen molar-refractivity contribution in [2.75, 3.05) is 5.75 Å². The van der Waals surface area contributed by atoms with Crippen LogP contribution in [0.2, 0.25) is 0 Å². The molecule has 2 N–H and O–H groups in total. The smallest absolute Gasteiger partial charge is 0.250 e. The summed E-state index contributed by atoms with van der Waals surface area (Å²) in [7, 11) is 0. The number of hydrazone groups is 1. The van der Waals surface area contributed by atoms with Crippen molar-refractivity contribution in [3.63, 3.8) is 0 Å². The van der Waals surface area contributed by atoms with Crippen LogP contribution in [0.4, 0.5) is 0 Å². The van der Waals surface area contributed by atoms with Crippen LogP contribution in [0.5, 0.6) is 5.75 Å². The third-order valence-corrected chi connectivity index (χ3v) is 4.06. The van der Waals surface area contributed by atoms with Crippen molar-refractivity contribution in [1.29, 1.82) is 0 Å². The van der Waals surface area contributed by atoms with E-state index in [0.717, 1.165) is 5.75 Å². The van der Waals surface area contributed by atoms with Gasteiger partial charge in [0.2, 0.25) is 5.91 Å². The van der Waals surface area contributed by atoms with E-state index in [4.69, 9.17) is 0 Å². The SMILES string of the molecule is Cc1ccccc1CSCC(=O)NN=Cc1ccccc1O. The van der Waals surface area contributed by atoms with Crippen LogP contribution in [0.25, 0.3) is 0 Å². The van der Waals surface area contributed by atoms with E-state index in [1.54, 1.807) is 36.0 Å². The lowest BCUT2D eigenvalue weighted by Crippen LogP contribution is -2.19. The summed E-state index contributed by atoms with van der Waals surface area (Å²) in [6, 6.07) is 14.9. The van der Waals surface area contributed by atoms with Crippen LogP contribution < -0.4 is 5.43 Å². The van der Waals surface area contributed by atoms with Gasteiger partial charge in [-0.1, -0.05) is 36.4 Å². The Hall–Kier alpha value is -2.27. The van der Waals surface area contributed by atoms with Crippen molar-refractivity contribution in [1.82, 2.24) is 5.43 Å². The molecule has 0 aliphatic carbocycles. The van der Waals surface area contributed by atoms with Gasteiger partial charge in [-0.2, -0.15) is 5.10 Å². The van der Waals surface area contributed by atoms with Crippen LogP contribution in [0.15, 0.2) is 53.6 Å². The van der Waals surface area contributed by atoms with Gasteiger partial charge in [-0.05, 0) is 30.2 Å². The molecule has 0 aromatic heterocycles. The summed E-state index contributed by atoms with van der Waals surface area (Å²) in [5.74, 6) is 1.11. The normalized spacial score (nSPS) is 10.8. The molecule has 0 saturated carbocycles. The molecular weight excluding hydrogens is 296 g/mol. The van der Waals surface area contributed by atoms with Crippen LogP contribution in [0.3, 0.4) is 0 Å². The summed E-state index contributed by atoms with van der Waals surface area (Å²) in [6.07, 6.45) is 1.43. The summed E-state index contributed by atoms with van der Waals surface area (Å²) in [5.41, 5.74) is 5.49. The Bertz CT molecular complexity index is 671. The minimum Gasteiger partial charge on any atom is -0.507 e. The van der Waals surface area contributed by atoms with Gasteiger partial charge >= 0.3 is 0 Å². The Kier molecular flexibility index (Phi) is 6.03. The molecule has 2 aromatic carbocycles. The van der Waals surface area contributed by atoms with E-state index in [9.17, 15) is 9.90 Å². The first-order valence-corrected chi connectivity index (χ1v) is 8.04. The lowest BCUT2D eigenvalue weighted by atomic mass is 10.1. The molecule has 0 unspecified atom stereocenters. The van der Waals surface area contributed by atoms with Gasteiger partial charge in [-0.3, -0.25) is 4.79 Å². The molecule has 0 heterocycles. The van der Waals surface area contributed by atoms with Crippen LogP contribution >= 0.6 is 11.8 Å². The zero-order chi connectivity index (χ0) is 15.8. The molecule has 22 heavy (non-hydrogen) atoms. The number of phenolic OH excluding ortho intramolecular Hbond substituents is 1. The molecule has 1 amide bonds. The average molecular weight is 314 g/mol. The van der Waals surface area contributed by atoms with E-state index in [0.29, 0.717) is 11.3 Å². The lowest BCUT2D eigenvalue weighted by molar-refractivity contribution is -0.118. The number of nitrogens with zero attached hydrogens (tertiary/aromatic N) is 1. The summed E-state index contributed by atoms with van der Waals surface area (Å²) in [6.45, 7) is 2.06. The molecular formula is C17H18N2O2S. The van der Waals surface area contributed by atoms with Crippen LogP contribution in [-0.4, -0.2) is 23.0 Å². The van der Waals surface area contributed by atoms with Gasteiger partial charge in [0.15, 0.2) is 0 Å². The molecule has 0 atom stereocenters. The van der Waals surface area contributed by atoms with Gasteiger partial charge in [-0.15, -0.1) is 11.8 Å². The van der Waals surface area contributed by atoms with Crippen LogP contribution in [-0.2, 0) is 10.5 Å².